The van der Waals surface area contributed by atoms with E-state index in [1.54, 1.807) is 36.3 Å². The number of amides is 3. The Balaban J connectivity index is 2.01. The lowest BCUT2D eigenvalue weighted by molar-refractivity contribution is -0.199. The number of hydrazine groups is 1. The fourth-order valence-corrected chi connectivity index (χ4v) is 3.57. The molecule has 2 saturated heterocycles. The van der Waals surface area contributed by atoms with Crippen molar-refractivity contribution in [2.24, 2.45) is 0 Å². The Kier molecular flexibility index (Phi) is 5.69. The second-order valence-corrected chi connectivity index (χ2v) is 6.34. The Labute approximate surface area is 157 Å². The highest BCUT2D eigenvalue weighted by atomic mass is 16.5. The molecular formula is C18H21N5O4. The minimum Gasteiger partial charge on any atom is -0.383 e. The summed E-state index contributed by atoms with van der Waals surface area (Å²) in [6, 6.07) is 10.2. The van der Waals surface area contributed by atoms with Crippen molar-refractivity contribution in [3.05, 3.63) is 35.9 Å². The minimum atomic E-state index is -0.819. The quantitative estimate of drug-likeness (QED) is 0.498. The fourth-order valence-electron chi connectivity index (χ4n) is 3.57. The Morgan fingerprint density at radius 1 is 1.30 bits per heavy atom. The first-order chi connectivity index (χ1) is 13.1. The molecule has 3 rings (SSSR count). The zero-order chi connectivity index (χ0) is 19.4. The third kappa shape index (κ3) is 3.49. The summed E-state index contributed by atoms with van der Waals surface area (Å²) in [5.41, 5.74) is 0.683. The van der Waals surface area contributed by atoms with Crippen molar-refractivity contribution in [3.63, 3.8) is 0 Å². The molecule has 0 N–H and O–H groups in total. The number of nitrogens with zero attached hydrogens (tertiary/aromatic N) is 5. The summed E-state index contributed by atoms with van der Waals surface area (Å²) in [5, 5.41) is 11.8. The molecule has 2 aliphatic heterocycles. The number of carbonyl (C=O) groups excluding carboxylic acids is 3. The summed E-state index contributed by atoms with van der Waals surface area (Å²) in [5.74, 6) is -0.496. The Hall–Kier alpha value is -2.96. The van der Waals surface area contributed by atoms with Crippen molar-refractivity contribution < 1.29 is 19.1 Å². The highest BCUT2D eigenvalue weighted by Crippen LogP contribution is 2.33. The number of carbonyl (C=O) groups is 3. The van der Waals surface area contributed by atoms with Gasteiger partial charge < -0.3 is 14.5 Å². The summed E-state index contributed by atoms with van der Waals surface area (Å²) in [4.78, 5) is 40.8. The maximum absolute atomic E-state index is 13.1. The Morgan fingerprint density at radius 2 is 2.04 bits per heavy atom. The molecule has 2 heterocycles. The second kappa shape index (κ2) is 8.16. The van der Waals surface area contributed by atoms with E-state index < -0.39 is 12.2 Å². The predicted molar refractivity (Wildman–Crippen MR) is 93.4 cm³/mol. The van der Waals surface area contributed by atoms with Gasteiger partial charge in [0, 0.05) is 13.7 Å². The van der Waals surface area contributed by atoms with Gasteiger partial charge in [-0.25, -0.2) is 0 Å². The maximum Gasteiger partial charge on any atom is 0.250 e. The van der Waals surface area contributed by atoms with Gasteiger partial charge in [0.1, 0.15) is 18.8 Å². The van der Waals surface area contributed by atoms with Crippen LogP contribution >= 0.6 is 0 Å². The highest BCUT2D eigenvalue weighted by molar-refractivity contribution is 5.91. The summed E-state index contributed by atoms with van der Waals surface area (Å²) in [7, 11) is 1.55. The van der Waals surface area contributed by atoms with Crippen LogP contribution in [-0.4, -0.2) is 84.1 Å². The van der Waals surface area contributed by atoms with Crippen LogP contribution in [0, 0.1) is 11.3 Å². The van der Waals surface area contributed by atoms with Gasteiger partial charge in [-0.3, -0.25) is 19.4 Å². The van der Waals surface area contributed by atoms with Crippen LogP contribution in [0.2, 0.25) is 0 Å². The highest BCUT2D eigenvalue weighted by Gasteiger charge is 2.50. The molecule has 0 aliphatic carbocycles. The van der Waals surface area contributed by atoms with Gasteiger partial charge in [-0.2, -0.15) is 10.3 Å². The Bertz CT molecular complexity index is 750. The summed E-state index contributed by atoms with van der Waals surface area (Å²) < 4.78 is 5.09. The third-order valence-corrected chi connectivity index (χ3v) is 4.81. The first-order valence-electron chi connectivity index (χ1n) is 8.61. The van der Waals surface area contributed by atoms with Crippen molar-refractivity contribution in [3.8, 4) is 6.07 Å². The maximum atomic E-state index is 13.1. The standard InChI is InChI=1S/C18H21N5O4/c1-27-10-9-20-11-15-22(13-24)21(8-7-19)12-16(25)23(15)17(18(20)26)14-5-3-2-4-6-14/h2-6,13,15,17H,8-12H2,1H3/t15?,17-/m0/s1. The van der Waals surface area contributed by atoms with E-state index in [-0.39, 0.29) is 31.4 Å². The van der Waals surface area contributed by atoms with E-state index >= 15 is 0 Å². The molecule has 1 unspecified atom stereocenters. The summed E-state index contributed by atoms with van der Waals surface area (Å²) in [6.45, 7) is 0.644. The van der Waals surface area contributed by atoms with Crippen molar-refractivity contribution >= 4 is 18.2 Å². The van der Waals surface area contributed by atoms with Gasteiger partial charge >= 0.3 is 0 Å². The molecule has 0 spiro atoms. The van der Waals surface area contributed by atoms with Gasteiger partial charge in [0.2, 0.25) is 18.2 Å². The molecule has 9 nitrogen and oxygen atoms in total. The molecule has 1 aromatic carbocycles. The van der Waals surface area contributed by atoms with Crippen molar-refractivity contribution in [1.29, 1.82) is 5.26 Å². The molecule has 0 radical (unpaired) electrons. The van der Waals surface area contributed by atoms with Crippen LogP contribution in [0.5, 0.6) is 0 Å². The van der Waals surface area contributed by atoms with E-state index in [1.807, 2.05) is 12.1 Å². The molecule has 0 bridgehead atoms. The molecule has 3 amide bonds. The number of rotatable bonds is 6. The monoisotopic (exact) mass is 371 g/mol. The lowest BCUT2D eigenvalue weighted by Gasteiger charge is -2.53. The number of piperazine rings is 1. The topological polar surface area (TPSA) is 97.2 Å². The third-order valence-electron chi connectivity index (χ3n) is 4.81. The fraction of sp³-hybridized carbons (Fsp3) is 0.444. The Morgan fingerprint density at radius 3 is 2.67 bits per heavy atom. The average Bonchev–Trinajstić information content (AvgIpc) is 2.68. The first kappa shape index (κ1) is 18.8. The van der Waals surface area contributed by atoms with E-state index in [0.29, 0.717) is 25.1 Å². The smallest absolute Gasteiger partial charge is 0.250 e. The molecule has 2 aliphatic rings. The zero-order valence-electron chi connectivity index (χ0n) is 15.0. The zero-order valence-corrected chi connectivity index (χ0v) is 15.0. The lowest BCUT2D eigenvalue weighted by Crippen LogP contribution is -2.72. The van der Waals surface area contributed by atoms with Crippen LogP contribution in [0.3, 0.4) is 0 Å². The van der Waals surface area contributed by atoms with Crippen LogP contribution in [0.1, 0.15) is 11.6 Å². The van der Waals surface area contributed by atoms with Gasteiger partial charge in [-0.15, -0.1) is 0 Å². The molecule has 27 heavy (non-hydrogen) atoms. The normalized spacial score (nSPS) is 23.2. The van der Waals surface area contributed by atoms with Gasteiger partial charge in [0.25, 0.3) is 0 Å². The molecule has 142 valence electrons. The number of hydrogen-bond donors (Lipinski definition) is 0. The first-order valence-corrected chi connectivity index (χ1v) is 8.61. The van der Waals surface area contributed by atoms with E-state index in [9.17, 15) is 14.4 Å². The lowest BCUT2D eigenvalue weighted by atomic mass is 9.99. The number of methoxy groups -OCH3 is 1. The van der Waals surface area contributed by atoms with Gasteiger partial charge in [-0.1, -0.05) is 30.3 Å². The number of hydrogen-bond acceptors (Lipinski definition) is 6. The minimum absolute atomic E-state index is 0.0865. The largest absolute Gasteiger partial charge is 0.383 e. The molecule has 1 aromatic rings. The number of nitriles is 1. The van der Waals surface area contributed by atoms with Gasteiger partial charge in [-0.05, 0) is 5.56 Å². The summed E-state index contributed by atoms with van der Waals surface area (Å²) in [6.07, 6.45) is -0.0646. The number of ether oxygens (including phenoxy) is 1. The molecule has 2 fully saturated rings. The van der Waals surface area contributed by atoms with Crippen molar-refractivity contribution in [2.75, 3.05) is 39.9 Å². The second-order valence-electron chi connectivity index (χ2n) is 6.34. The number of fused-ring (bicyclic) bond motifs is 1. The molecule has 9 heteroatoms. The van der Waals surface area contributed by atoms with Crippen LogP contribution < -0.4 is 0 Å². The van der Waals surface area contributed by atoms with Gasteiger partial charge in [0.05, 0.1) is 25.8 Å². The van der Waals surface area contributed by atoms with Crippen LogP contribution in [-0.2, 0) is 19.1 Å². The molecule has 0 saturated carbocycles. The van der Waals surface area contributed by atoms with E-state index in [1.165, 1.54) is 14.9 Å². The van der Waals surface area contributed by atoms with Crippen LogP contribution in [0.25, 0.3) is 0 Å². The molecule has 0 aromatic heterocycles. The van der Waals surface area contributed by atoms with Gasteiger partial charge in [0.15, 0.2) is 0 Å². The van der Waals surface area contributed by atoms with E-state index in [4.69, 9.17) is 10.00 Å². The average molecular weight is 371 g/mol. The van der Waals surface area contributed by atoms with E-state index in [0.717, 1.165) is 0 Å². The molecule has 2 atom stereocenters. The van der Waals surface area contributed by atoms with Crippen LogP contribution in [0.4, 0.5) is 0 Å². The van der Waals surface area contributed by atoms with Crippen molar-refractivity contribution in [1.82, 2.24) is 19.8 Å². The summed E-state index contributed by atoms with van der Waals surface area (Å²) >= 11 is 0. The predicted octanol–water partition coefficient (Wildman–Crippen LogP) is -0.416. The molecular weight excluding hydrogens is 350 g/mol. The van der Waals surface area contributed by atoms with Crippen LogP contribution in [0.15, 0.2) is 30.3 Å². The van der Waals surface area contributed by atoms with E-state index in [2.05, 4.69) is 0 Å². The van der Waals surface area contributed by atoms with Crippen molar-refractivity contribution in [2.45, 2.75) is 12.2 Å². The number of benzene rings is 1. The SMILES string of the molecule is COCCN1CC2N(C(=O)CN(CC#N)N2C=O)[C@@H](c2ccccc2)C1=O.